The van der Waals surface area contributed by atoms with Gasteiger partial charge in [0, 0.05) is 5.56 Å². The first-order chi connectivity index (χ1) is 8.65. The number of nitrogens with zero attached hydrogens (tertiary/aromatic N) is 1. The molecule has 0 saturated heterocycles. The Bertz CT molecular complexity index is 609. The lowest BCUT2D eigenvalue weighted by Crippen LogP contribution is -2.42. The van der Waals surface area contributed by atoms with Crippen molar-refractivity contribution in [2.75, 3.05) is 5.06 Å². The van der Waals surface area contributed by atoms with Crippen molar-refractivity contribution in [2.24, 2.45) is 0 Å². The van der Waals surface area contributed by atoms with Crippen LogP contribution < -0.4 is 5.06 Å². The summed E-state index contributed by atoms with van der Waals surface area (Å²) in [6.07, 6.45) is 0. The smallest absolute Gasteiger partial charge is 0.197 e. The third-order valence-corrected chi connectivity index (χ3v) is 3.55. The van der Waals surface area contributed by atoms with E-state index in [1.165, 1.54) is 0 Å². The Morgan fingerprint density at radius 1 is 0.944 bits per heavy atom. The van der Waals surface area contributed by atoms with Crippen molar-refractivity contribution in [3.63, 3.8) is 0 Å². The van der Waals surface area contributed by atoms with Crippen LogP contribution in [0.15, 0.2) is 54.6 Å². The molecule has 0 spiro atoms. The molecule has 1 radical (unpaired) electrons. The number of carbonyl (C=O) groups is 1. The summed E-state index contributed by atoms with van der Waals surface area (Å²) < 4.78 is 0. The molecule has 18 heavy (non-hydrogen) atoms. The van der Waals surface area contributed by atoms with Crippen LogP contribution in [0.1, 0.15) is 22.8 Å². The first kappa shape index (κ1) is 11.0. The van der Waals surface area contributed by atoms with Crippen LogP contribution >= 0.6 is 0 Å². The van der Waals surface area contributed by atoms with E-state index in [4.69, 9.17) is 0 Å². The minimum Gasteiger partial charge on any atom is -0.291 e. The Balaban J connectivity index is 2.20. The van der Waals surface area contributed by atoms with E-state index in [1.807, 2.05) is 30.3 Å². The van der Waals surface area contributed by atoms with Crippen molar-refractivity contribution in [1.82, 2.24) is 0 Å². The monoisotopic (exact) mass is 238 g/mol. The SMILES string of the molecule is CC1(c2ccccc2)C(=O)c2ccccc2N1[O]. The van der Waals surface area contributed by atoms with Crippen LogP contribution in [0, 0.1) is 0 Å². The van der Waals surface area contributed by atoms with Crippen LogP contribution in [0.3, 0.4) is 0 Å². The van der Waals surface area contributed by atoms with Crippen molar-refractivity contribution in [2.45, 2.75) is 12.5 Å². The third-order valence-electron chi connectivity index (χ3n) is 3.55. The molecule has 3 heteroatoms. The molecule has 2 aromatic carbocycles. The molecule has 3 rings (SSSR count). The highest BCUT2D eigenvalue weighted by Crippen LogP contribution is 2.43. The summed E-state index contributed by atoms with van der Waals surface area (Å²) in [5, 5.41) is 13.2. The molecule has 89 valence electrons. The normalized spacial score (nSPS) is 22.1. The van der Waals surface area contributed by atoms with Gasteiger partial charge in [-0.25, -0.2) is 5.06 Å². The molecule has 1 unspecified atom stereocenters. The van der Waals surface area contributed by atoms with Gasteiger partial charge in [0.1, 0.15) is 0 Å². The minimum atomic E-state index is -1.15. The second kappa shape index (κ2) is 3.68. The fraction of sp³-hybridized carbons (Fsp3) is 0.133. The number of carbonyl (C=O) groups excluding carboxylic acids is 1. The number of ketones is 1. The highest BCUT2D eigenvalue weighted by Gasteiger charge is 2.49. The van der Waals surface area contributed by atoms with Crippen LogP contribution in [-0.2, 0) is 10.7 Å². The predicted molar refractivity (Wildman–Crippen MR) is 67.7 cm³/mol. The Hall–Kier alpha value is -2.13. The highest BCUT2D eigenvalue weighted by molar-refractivity contribution is 6.13. The van der Waals surface area contributed by atoms with Gasteiger partial charge in [-0.15, -0.1) is 0 Å². The maximum atomic E-state index is 12.5. The fourth-order valence-electron chi connectivity index (χ4n) is 2.45. The molecule has 1 aliphatic heterocycles. The molecule has 0 aliphatic carbocycles. The Morgan fingerprint density at radius 3 is 2.22 bits per heavy atom. The van der Waals surface area contributed by atoms with Crippen LogP contribution in [-0.4, -0.2) is 5.78 Å². The average Bonchev–Trinajstić information content (AvgIpc) is 2.64. The number of hydrogen-bond donors (Lipinski definition) is 0. The van der Waals surface area contributed by atoms with E-state index in [0.717, 1.165) is 10.6 Å². The summed E-state index contributed by atoms with van der Waals surface area (Å²) in [7, 11) is 0. The lowest BCUT2D eigenvalue weighted by atomic mass is 9.87. The van der Waals surface area contributed by atoms with Gasteiger partial charge in [-0.2, -0.15) is 0 Å². The van der Waals surface area contributed by atoms with E-state index in [1.54, 1.807) is 31.2 Å². The van der Waals surface area contributed by atoms with Crippen LogP contribution in [0.4, 0.5) is 5.69 Å². The first-order valence-corrected chi connectivity index (χ1v) is 5.82. The van der Waals surface area contributed by atoms with E-state index in [9.17, 15) is 10.0 Å². The molecule has 0 bridgehead atoms. The van der Waals surface area contributed by atoms with Gasteiger partial charge in [-0.05, 0) is 24.6 Å². The number of hydrogen-bond acceptors (Lipinski definition) is 2. The number of anilines is 1. The molecule has 1 atom stereocenters. The average molecular weight is 238 g/mol. The summed E-state index contributed by atoms with van der Waals surface area (Å²) in [6, 6.07) is 16.1. The third kappa shape index (κ3) is 1.25. The van der Waals surface area contributed by atoms with Crippen molar-refractivity contribution in [1.29, 1.82) is 0 Å². The Labute approximate surface area is 105 Å². The molecule has 0 aromatic heterocycles. The topological polar surface area (TPSA) is 40.2 Å². The molecule has 3 nitrogen and oxygen atoms in total. The van der Waals surface area contributed by atoms with E-state index in [0.29, 0.717) is 11.3 Å². The van der Waals surface area contributed by atoms with Crippen molar-refractivity contribution < 1.29 is 10.0 Å². The largest absolute Gasteiger partial charge is 0.291 e. The summed E-state index contributed by atoms with van der Waals surface area (Å²) in [5.74, 6) is -0.140. The van der Waals surface area contributed by atoms with E-state index in [-0.39, 0.29) is 5.78 Å². The standard InChI is InChI=1S/C15H12NO2/c1-15(11-7-3-2-4-8-11)14(17)12-9-5-6-10-13(12)16(15)18/h2-10H,1H3. The maximum Gasteiger partial charge on any atom is 0.197 e. The van der Waals surface area contributed by atoms with Crippen molar-refractivity contribution >= 4 is 11.5 Å². The quantitative estimate of drug-likeness (QED) is 0.766. The summed E-state index contributed by atoms with van der Waals surface area (Å²) in [6.45, 7) is 1.68. The molecular formula is C15H12NO2. The van der Waals surface area contributed by atoms with Crippen LogP contribution in [0.5, 0.6) is 0 Å². The number of benzene rings is 2. The van der Waals surface area contributed by atoms with Gasteiger partial charge >= 0.3 is 0 Å². The molecule has 0 saturated carbocycles. The van der Waals surface area contributed by atoms with E-state index < -0.39 is 5.54 Å². The van der Waals surface area contributed by atoms with Gasteiger partial charge in [0.25, 0.3) is 0 Å². The minimum absolute atomic E-state index is 0.140. The van der Waals surface area contributed by atoms with Gasteiger partial charge in [0.05, 0.1) is 5.69 Å². The molecule has 0 amide bonds. The van der Waals surface area contributed by atoms with Crippen LogP contribution in [0.25, 0.3) is 0 Å². The number of hydroxylamine groups is 1. The zero-order chi connectivity index (χ0) is 12.8. The number of fused-ring (bicyclic) bond motifs is 1. The fourth-order valence-corrected chi connectivity index (χ4v) is 2.45. The molecule has 1 aliphatic rings. The maximum absolute atomic E-state index is 12.5. The molecule has 0 N–H and O–H groups in total. The summed E-state index contributed by atoms with van der Waals surface area (Å²) >= 11 is 0. The number of Topliss-reactive ketones (excluding diaryl/α,β-unsaturated/α-hetero) is 1. The summed E-state index contributed by atoms with van der Waals surface area (Å²) in [4.78, 5) is 12.5. The Morgan fingerprint density at radius 2 is 1.56 bits per heavy atom. The van der Waals surface area contributed by atoms with Gasteiger partial charge in [-0.3, -0.25) is 4.79 Å². The zero-order valence-corrected chi connectivity index (χ0v) is 9.96. The summed E-state index contributed by atoms with van der Waals surface area (Å²) in [5.41, 5.74) is 0.527. The predicted octanol–water partition coefficient (Wildman–Crippen LogP) is 2.95. The van der Waals surface area contributed by atoms with E-state index >= 15 is 0 Å². The molecular weight excluding hydrogens is 226 g/mol. The lowest BCUT2D eigenvalue weighted by molar-refractivity contribution is 0.0669. The van der Waals surface area contributed by atoms with Gasteiger partial charge in [0.2, 0.25) is 0 Å². The second-order valence-corrected chi connectivity index (χ2v) is 4.58. The highest BCUT2D eigenvalue weighted by atomic mass is 16.5. The number of para-hydroxylation sites is 1. The van der Waals surface area contributed by atoms with Crippen molar-refractivity contribution in [3.8, 4) is 0 Å². The number of rotatable bonds is 1. The molecule has 2 aromatic rings. The van der Waals surface area contributed by atoms with E-state index in [2.05, 4.69) is 0 Å². The van der Waals surface area contributed by atoms with Gasteiger partial charge in [0.15, 0.2) is 11.3 Å². The van der Waals surface area contributed by atoms with Crippen LogP contribution in [0.2, 0.25) is 0 Å². The van der Waals surface area contributed by atoms with Crippen molar-refractivity contribution in [3.05, 3.63) is 65.7 Å². The lowest BCUT2D eigenvalue weighted by Gasteiger charge is -2.28. The zero-order valence-electron chi connectivity index (χ0n) is 9.96. The first-order valence-electron chi connectivity index (χ1n) is 5.82. The van der Waals surface area contributed by atoms with Gasteiger partial charge < -0.3 is 0 Å². The molecule has 1 heterocycles. The van der Waals surface area contributed by atoms with Gasteiger partial charge in [-0.1, -0.05) is 47.7 Å². The second-order valence-electron chi connectivity index (χ2n) is 4.58. The Kier molecular flexibility index (Phi) is 2.25. The molecule has 0 fully saturated rings.